The molecule has 1 fully saturated rings. The summed E-state index contributed by atoms with van der Waals surface area (Å²) >= 11 is 0. The molecule has 0 spiro atoms. The van der Waals surface area contributed by atoms with Crippen molar-refractivity contribution in [3.8, 4) is 0 Å². The van der Waals surface area contributed by atoms with E-state index in [0.717, 1.165) is 24.1 Å². The zero-order valence-corrected chi connectivity index (χ0v) is 10.6. The molecule has 0 aliphatic carbocycles. The van der Waals surface area contributed by atoms with Crippen molar-refractivity contribution in [1.82, 2.24) is 10.7 Å². The van der Waals surface area contributed by atoms with Crippen LogP contribution >= 0.6 is 0 Å². The number of anilines is 1. The topological polar surface area (TPSA) is 44.4 Å². The van der Waals surface area contributed by atoms with Crippen LogP contribution in [-0.4, -0.2) is 11.7 Å². The highest BCUT2D eigenvalue weighted by molar-refractivity contribution is 5.93. The highest BCUT2D eigenvalue weighted by Crippen LogP contribution is 2.23. The van der Waals surface area contributed by atoms with Gasteiger partial charge in [0.2, 0.25) is 0 Å². The van der Waals surface area contributed by atoms with Crippen molar-refractivity contribution < 1.29 is 4.79 Å². The van der Waals surface area contributed by atoms with Gasteiger partial charge in [0.1, 0.15) is 5.66 Å². The van der Waals surface area contributed by atoms with Crippen LogP contribution in [0, 0.1) is 6.92 Å². The molecule has 0 radical (unpaired) electrons. The molecule has 0 atom stereocenters. The van der Waals surface area contributed by atoms with E-state index in [2.05, 4.69) is 24.6 Å². The maximum atomic E-state index is 12.0. The van der Waals surface area contributed by atoms with E-state index in [9.17, 15) is 4.79 Å². The first-order chi connectivity index (χ1) is 8.10. The molecule has 4 nitrogen and oxygen atoms in total. The molecular weight excluding hydrogens is 214 g/mol. The van der Waals surface area contributed by atoms with Crippen molar-refractivity contribution in [3.05, 3.63) is 29.8 Å². The van der Waals surface area contributed by atoms with Gasteiger partial charge in [-0.1, -0.05) is 26.0 Å². The van der Waals surface area contributed by atoms with Crippen LogP contribution in [0.15, 0.2) is 24.3 Å². The number of aryl methyl sites for hydroxylation is 1. The third kappa shape index (κ3) is 2.13. The summed E-state index contributed by atoms with van der Waals surface area (Å²) in [5.41, 5.74) is 4.99. The van der Waals surface area contributed by atoms with Gasteiger partial charge < -0.3 is 5.32 Å². The average molecular weight is 233 g/mol. The van der Waals surface area contributed by atoms with Gasteiger partial charge in [0, 0.05) is 0 Å². The number of nitrogens with one attached hydrogen (secondary N) is 2. The van der Waals surface area contributed by atoms with Crippen molar-refractivity contribution in [3.63, 3.8) is 0 Å². The van der Waals surface area contributed by atoms with E-state index in [4.69, 9.17) is 0 Å². The Morgan fingerprint density at radius 2 is 2.00 bits per heavy atom. The van der Waals surface area contributed by atoms with Crippen LogP contribution in [-0.2, 0) is 0 Å². The van der Waals surface area contributed by atoms with E-state index in [1.54, 1.807) is 5.01 Å². The Morgan fingerprint density at radius 1 is 1.29 bits per heavy atom. The van der Waals surface area contributed by atoms with E-state index in [1.807, 2.05) is 31.2 Å². The van der Waals surface area contributed by atoms with Gasteiger partial charge in [-0.25, -0.2) is 15.2 Å². The molecule has 92 valence electrons. The third-order valence-corrected chi connectivity index (χ3v) is 3.34. The Kier molecular flexibility index (Phi) is 3.07. The molecule has 0 saturated carbocycles. The van der Waals surface area contributed by atoms with Gasteiger partial charge in [-0.3, -0.25) is 0 Å². The van der Waals surface area contributed by atoms with Gasteiger partial charge in [0.25, 0.3) is 0 Å². The monoisotopic (exact) mass is 233 g/mol. The second-order valence-corrected chi connectivity index (χ2v) is 4.51. The number of hydrazine groups is 1. The first kappa shape index (κ1) is 11.9. The number of hydrogen-bond donors (Lipinski definition) is 2. The lowest BCUT2D eigenvalue weighted by Gasteiger charge is -2.26. The quantitative estimate of drug-likeness (QED) is 0.842. The largest absolute Gasteiger partial charge is 0.338 e. The molecule has 1 aromatic rings. The number of benzene rings is 1. The van der Waals surface area contributed by atoms with Crippen LogP contribution in [0.2, 0.25) is 0 Å². The van der Waals surface area contributed by atoms with E-state index in [0.29, 0.717) is 0 Å². The number of nitrogens with zero attached hydrogens (tertiary/aromatic N) is 1. The molecule has 0 aromatic heterocycles. The molecule has 1 saturated heterocycles. The minimum atomic E-state index is -0.305. The SMILES string of the molecule is CCC1(CC)NC(=O)N(c2cccc(C)c2)N1. The summed E-state index contributed by atoms with van der Waals surface area (Å²) in [6.07, 6.45) is 1.72. The standard InChI is InChI=1S/C13H19N3O/c1-4-13(5-2)14-12(17)16(15-13)11-8-6-7-10(3)9-11/h6-9,15H,4-5H2,1-3H3,(H,14,17). The maximum absolute atomic E-state index is 12.0. The molecule has 4 heteroatoms. The van der Waals surface area contributed by atoms with Gasteiger partial charge in [-0.05, 0) is 37.5 Å². The summed E-state index contributed by atoms with van der Waals surface area (Å²) in [5, 5.41) is 4.61. The molecule has 1 aromatic carbocycles. The molecule has 2 rings (SSSR count). The van der Waals surface area contributed by atoms with Crippen LogP contribution in [0.4, 0.5) is 10.5 Å². The van der Waals surface area contributed by atoms with Crippen molar-refractivity contribution >= 4 is 11.7 Å². The zero-order valence-electron chi connectivity index (χ0n) is 10.6. The fraction of sp³-hybridized carbons (Fsp3) is 0.462. The Balaban J connectivity index is 2.27. The van der Waals surface area contributed by atoms with Crippen molar-refractivity contribution in [2.75, 3.05) is 5.01 Å². The van der Waals surface area contributed by atoms with Crippen LogP contribution in [0.5, 0.6) is 0 Å². The van der Waals surface area contributed by atoms with Gasteiger partial charge in [0.15, 0.2) is 0 Å². The number of carbonyl (C=O) groups is 1. The predicted molar refractivity (Wildman–Crippen MR) is 68.6 cm³/mol. The normalized spacial score (nSPS) is 18.3. The maximum Gasteiger partial charge on any atom is 0.338 e. The van der Waals surface area contributed by atoms with Crippen LogP contribution in [0.25, 0.3) is 0 Å². The summed E-state index contributed by atoms with van der Waals surface area (Å²) in [4.78, 5) is 12.0. The Hall–Kier alpha value is -1.55. The van der Waals surface area contributed by atoms with Crippen LogP contribution in [0.1, 0.15) is 32.3 Å². The Labute approximate surface area is 102 Å². The number of hydrogen-bond acceptors (Lipinski definition) is 2. The van der Waals surface area contributed by atoms with Gasteiger partial charge in [-0.2, -0.15) is 0 Å². The average Bonchev–Trinajstić information content (AvgIpc) is 2.67. The minimum Gasteiger partial charge on any atom is -0.317 e. The number of urea groups is 1. The minimum absolute atomic E-state index is 0.0840. The highest BCUT2D eigenvalue weighted by atomic mass is 16.2. The lowest BCUT2D eigenvalue weighted by molar-refractivity contribution is 0.244. The predicted octanol–water partition coefficient (Wildman–Crippen LogP) is 2.55. The number of rotatable bonds is 3. The molecule has 0 unspecified atom stereocenters. The first-order valence-electron chi connectivity index (χ1n) is 6.07. The first-order valence-corrected chi connectivity index (χ1v) is 6.07. The van der Waals surface area contributed by atoms with Gasteiger partial charge in [0.05, 0.1) is 5.69 Å². The van der Waals surface area contributed by atoms with Crippen molar-refractivity contribution in [1.29, 1.82) is 0 Å². The van der Waals surface area contributed by atoms with Gasteiger partial charge >= 0.3 is 6.03 Å². The molecule has 0 bridgehead atoms. The van der Waals surface area contributed by atoms with E-state index >= 15 is 0 Å². The number of carbonyl (C=O) groups excluding carboxylic acids is 1. The third-order valence-electron chi connectivity index (χ3n) is 3.34. The lowest BCUT2D eigenvalue weighted by Crippen LogP contribution is -2.50. The Morgan fingerprint density at radius 3 is 2.53 bits per heavy atom. The Bertz CT molecular complexity index is 426. The van der Waals surface area contributed by atoms with E-state index in [-0.39, 0.29) is 11.7 Å². The van der Waals surface area contributed by atoms with Crippen molar-refractivity contribution in [2.45, 2.75) is 39.3 Å². The molecule has 2 N–H and O–H groups in total. The molecule has 17 heavy (non-hydrogen) atoms. The fourth-order valence-electron chi connectivity index (χ4n) is 2.09. The molecule has 1 heterocycles. The smallest absolute Gasteiger partial charge is 0.317 e. The summed E-state index contributed by atoms with van der Waals surface area (Å²) in [5.74, 6) is 0. The van der Waals surface area contributed by atoms with Crippen molar-refractivity contribution in [2.24, 2.45) is 0 Å². The fourth-order valence-corrected chi connectivity index (χ4v) is 2.09. The van der Waals surface area contributed by atoms with E-state index in [1.165, 1.54) is 0 Å². The van der Waals surface area contributed by atoms with E-state index < -0.39 is 0 Å². The number of amides is 2. The second-order valence-electron chi connectivity index (χ2n) is 4.51. The summed E-state index contributed by atoms with van der Waals surface area (Å²) in [6, 6.07) is 7.82. The summed E-state index contributed by atoms with van der Waals surface area (Å²) < 4.78 is 0. The molecule has 1 aliphatic rings. The highest BCUT2D eigenvalue weighted by Gasteiger charge is 2.39. The van der Waals surface area contributed by atoms with Crippen LogP contribution < -0.4 is 15.8 Å². The molecular formula is C13H19N3O. The lowest BCUT2D eigenvalue weighted by atomic mass is 10.1. The van der Waals surface area contributed by atoms with Crippen LogP contribution in [0.3, 0.4) is 0 Å². The summed E-state index contributed by atoms with van der Waals surface area (Å²) in [7, 11) is 0. The molecule has 1 aliphatic heterocycles. The summed E-state index contributed by atoms with van der Waals surface area (Å²) in [6.45, 7) is 6.15. The zero-order chi connectivity index (χ0) is 12.5. The van der Waals surface area contributed by atoms with Gasteiger partial charge in [-0.15, -0.1) is 0 Å². The molecule has 2 amide bonds. The second kappa shape index (κ2) is 4.37.